The molecule has 0 amide bonds. The van der Waals surface area contributed by atoms with Crippen molar-refractivity contribution in [2.75, 3.05) is 12.5 Å². The third kappa shape index (κ3) is 2.66. The van der Waals surface area contributed by atoms with Crippen molar-refractivity contribution in [3.8, 4) is 17.1 Å². The second kappa shape index (κ2) is 5.80. The molecule has 0 saturated carbocycles. The Morgan fingerprint density at radius 2 is 1.81 bits per heavy atom. The molecule has 0 spiro atoms. The van der Waals surface area contributed by atoms with E-state index >= 15 is 0 Å². The summed E-state index contributed by atoms with van der Waals surface area (Å²) in [6.45, 7) is 0. The maximum atomic E-state index is 5.39. The van der Waals surface area contributed by atoms with Gasteiger partial charge in [0.1, 0.15) is 5.75 Å². The zero-order valence-electron chi connectivity index (χ0n) is 11.4. The first kappa shape index (κ1) is 13.4. The topological polar surface area (TPSA) is 54.9 Å². The number of nitrogens with zero attached hydrogens (tertiary/aromatic N) is 2. The molecule has 1 aromatic heterocycles. The van der Waals surface area contributed by atoms with Crippen molar-refractivity contribution < 1.29 is 4.74 Å². The van der Waals surface area contributed by atoms with E-state index < -0.39 is 0 Å². The van der Waals surface area contributed by atoms with Crippen LogP contribution in [0.25, 0.3) is 11.4 Å². The molecule has 0 bridgehead atoms. The quantitative estimate of drug-likeness (QED) is 0.724. The molecule has 3 aromatic rings. The van der Waals surface area contributed by atoms with Crippen molar-refractivity contribution in [3.63, 3.8) is 0 Å². The van der Waals surface area contributed by atoms with Gasteiger partial charge in [-0.1, -0.05) is 30.3 Å². The first-order valence-electron chi connectivity index (χ1n) is 6.42. The van der Waals surface area contributed by atoms with Crippen molar-refractivity contribution >= 4 is 17.9 Å². The van der Waals surface area contributed by atoms with Gasteiger partial charge in [-0.2, -0.15) is 5.10 Å². The first-order chi connectivity index (χ1) is 10.3. The Kier molecular flexibility index (Phi) is 3.70. The molecule has 21 heavy (non-hydrogen) atoms. The Bertz CT molecular complexity index is 795. The Balaban J connectivity index is 2.07. The van der Waals surface area contributed by atoms with Gasteiger partial charge in [-0.25, -0.2) is 9.77 Å². The average Bonchev–Trinajstić information content (AvgIpc) is 2.89. The first-order valence-corrected chi connectivity index (χ1v) is 6.83. The summed E-state index contributed by atoms with van der Waals surface area (Å²) in [5.74, 6) is 1.41. The zero-order chi connectivity index (χ0) is 14.7. The molecule has 0 aliphatic heterocycles. The van der Waals surface area contributed by atoms with Crippen LogP contribution in [0.1, 0.15) is 0 Å². The molecule has 0 aliphatic rings. The molecule has 0 fully saturated rings. The molecule has 0 aliphatic carbocycles. The Morgan fingerprint density at radius 1 is 1.10 bits per heavy atom. The summed E-state index contributed by atoms with van der Waals surface area (Å²) in [6, 6.07) is 17.5. The number of para-hydroxylation sites is 2. The van der Waals surface area contributed by atoms with E-state index in [2.05, 4.69) is 15.6 Å². The number of hydrogen-bond acceptors (Lipinski definition) is 4. The average molecular weight is 298 g/mol. The second-order valence-corrected chi connectivity index (χ2v) is 4.75. The summed E-state index contributed by atoms with van der Waals surface area (Å²) in [4.78, 5) is 0. The minimum atomic E-state index is 0.486. The Hall–Kier alpha value is -2.60. The highest BCUT2D eigenvalue weighted by molar-refractivity contribution is 7.71. The highest BCUT2D eigenvalue weighted by Crippen LogP contribution is 2.28. The van der Waals surface area contributed by atoms with Gasteiger partial charge >= 0.3 is 0 Å². The second-order valence-electron chi connectivity index (χ2n) is 4.37. The van der Waals surface area contributed by atoms with E-state index in [0.717, 1.165) is 17.0 Å². The van der Waals surface area contributed by atoms with Gasteiger partial charge < -0.3 is 4.74 Å². The minimum absolute atomic E-state index is 0.486. The third-order valence-corrected chi connectivity index (χ3v) is 3.31. The predicted octanol–water partition coefficient (Wildman–Crippen LogP) is 3.49. The van der Waals surface area contributed by atoms with E-state index in [1.54, 1.807) is 11.8 Å². The lowest BCUT2D eigenvalue weighted by atomic mass is 10.2. The molecule has 0 atom stereocenters. The van der Waals surface area contributed by atoms with Gasteiger partial charge in [0.2, 0.25) is 4.77 Å². The van der Waals surface area contributed by atoms with E-state index in [9.17, 15) is 0 Å². The van der Waals surface area contributed by atoms with Crippen LogP contribution in [0.15, 0.2) is 54.6 Å². The van der Waals surface area contributed by atoms with Crippen LogP contribution >= 0.6 is 12.2 Å². The fourth-order valence-corrected chi connectivity index (χ4v) is 2.23. The van der Waals surface area contributed by atoms with Crippen LogP contribution in [0.5, 0.6) is 5.75 Å². The highest BCUT2D eigenvalue weighted by atomic mass is 32.1. The molecule has 0 unspecified atom stereocenters. The van der Waals surface area contributed by atoms with Gasteiger partial charge in [0.25, 0.3) is 0 Å². The molecule has 1 heterocycles. The SMILES string of the molecule is COc1ccccc1-c1n[nH]c(=S)n1Nc1ccccc1. The van der Waals surface area contributed by atoms with E-state index in [4.69, 9.17) is 17.0 Å². The van der Waals surface area contributed by atoms with Crippen molar-refractivity contribution in [2.24, 2.45) is 0 Å². The number of ether oxygens (including phenoxy) is 1. The molecule has 0 saturated heterocycles. The van der Waals surface area contributed by atoms with Crippen molar-refractivity contribution in [3.05, 3.63) is 59.4 Å². The van der Waals surface area contributed by atoms with Gasteiger partial charge in [0.15, 0.2) is 5.82 Å². The van der Waals surface area contributed by atoms with Gasteiger partial charge in [-0.05, 0) is 36.5 Å². The molecule has 5 nitrogen and oxygen atoms in total. The number of nitrogens with one attached hydrogen (secondary N) is 2. The maximum absolute atomic E-state index is 5.39. The molecular formula is C15H14N4OS. The maximum Gasteiger partial charge on any atom is 0.214 e. The lowest BCUT2D eigenvalue weighted by Gasteiger charge is -2.11. The molecule has 2 aromatic carbocycles. The normalized spacial score (nSPS) is 10.3. The molecule has 6 heteroatoms. The molecular weight excluding hydrogens is 284 g/mol. The van der Waals surface area contributed by atoms with Crippen LogP contribution in [0.4, 0.5) is 5.69 Å². The van der Waals surface area contributed by atoms with Crippen LogP contribution in [0.2, 0.25) is 0 Å². The van der Waals surface area contributed by atoms with Crippen LogP contribution in [0.3, 0.4) is 0 Å². The van der Waals surface area contributed by atoms with Crippen LogP contribution < -0.4 is 10.2 Å². The van der Waals surface area contributed by atoms with Crippen molar-refractivity contribution in [1.82, 2.24) is 14.9 Å². The van der Waals surface area contributed by atoms with Crippen LogP contribution in [-0.2, 0) is 0 Å². The van der Waals surface area contributed by atoms with E-state index in [1.807, 2.05) is 54.6 Å². The molecule has 106 valence electrons. The molecule has 0 radical (unpaired) electrons. The summed E-state index contributed by atoms with van der Waals surface area (Å²) >= 11 is 5.29. The highest BCUT2D eigenvalue weighted by Gasteiger charge is 2.13. The monoisotopic (exact) mass is 298 g/mol. The summed E-state index contributed by atoms with van der Waals surface area (Å²) in [7, 11) is 1.63. The number of H-pyrrole nitrogens is 1. The number of anilines is 1. The van der Waals surface area contributed by atoms with Gasteiger partial charge in [0, 0.05) is 0 Å². The lowest BCUT2D eigenvalue weighted by molar-refractivity contribution is 0.416. The third-order valence-electron chi connectivity index (χ3n) is 3.03. The number of hydrogen-bond donors (Lipinski definition) is 2. The van der Waals surface area contributed by atoms with Gasteiger partial charge in [0.05, 0.1) is 18.4 Å². The number of rotatable bonds is 4. The summed E-state index contributed by atoms with van der Waals surface area (Å²) in [6.07, 6.45) is 0. The summed E-state index contributed by atoms with van der Waals surface area (Å²) in [5.41, 5.74) is 5.01. The molecule has 3 rings (SSSR count). The van der Waals surface area contributed by atoms with Gasteiger partial charge in [-0.3, -0.25) is 5.43 Å². The molecule has 2 N–H and O–H groups in total. The zero-order valence-corrected chi connectivity index (χ0v) is 12.2. The predicted molar refractivity (Wildman–Crippen MR) is 84.9 cm³/mol. The minimum Gasteiger partial charge on any atom is -0.496 e. The smallest absolute Gasteiger partial charge is 0.214 e. The summed E-state index contributed by atoms with van der Waals surface area (Å²) < 4.78 is 7.60. The Morgan fingerprint density at radius 3 is 2.57 bits per heavy atom. The van der Waals surface area contributed by atoms with E-state index in [1.165, 1.54) is 0 Å². The number of benzene rings is 2. The standard InChI is InChI=1S/C15H14N4OS/c1-20-13-10-6-5-9-12(13)14-16-17-15(21)19(14)18-11-7-3-2-4-8-11/h2-10,18H,1H3,(H,17,21). The van der Waals surface area contributed by atoms with Crippen molar-refractivity contribution in [1.29, 1.82) is 0 Å². The Labute approximate surface area is 127 Å². The van der Waals surface area contributed by atoms with E-state index in [0.29, 0.717) is 10.6 Å². The van der Waals surface area contributed by atoms with Gasteiger partial charge in [-0.15, -0.1) is 0 Å². The lowest BCUT2D eigenvalue weighted by Crippen LogP contribution is -2.11. The largest absolute Gasteiger partial charge is 0.496 e. The fourth-order valence-electron chi connectivity index (χ4n) is 2.05. The van der Waals surface area contributed by atoms with E-state index in [-0.39, 0.29) is 0 Å². The van der Waals surface area contributed by atoms with Crippen LogP contribution in [-0.4, -0.2) is 22.0 Å². The fraction of sp³-hybridized carbons (Fsp3) is 0.0667. The van der Waals surface area contributed by atoms with Crippen LogP contribution in [0, 0.1) is 4.77 Å². The number of methoxy groups -OCH3 is 1. The van der Waals surface area contributed by atoms with Crippen molar-refractivity contribution in [2.45, 2.75) is 0 Å². The number of aromatic nitrogens is 3. The number of aromatic amines is 1. The summed E-state index contributed by atoms with van der Waals surface area (Å²) in [5, 5.41) is 7.10.